The monoisotopic (exact) mass is 202 g/mol. The Morgan fingerprint density at radius 2 is 1.86 bits per heavy atom. The van der Waals surface area contributed by atoms with Crippen LogP contribution in [0.2, 0.25) is 0 Å². The highest BCUT2D eigenvalue weighted by Gasteiger charge is 2.25. The van der Waals surface area contributed by atoms with Gasteiger partial charge in [0.15, 0.2) is 0 Å². The van der Waals surface area contributed by atoms with Crippen molar-refractivity contribution in [1.82, 2.24) is 5.01 Å². The van der Waals surface area contributed by atoms with Gasteiger partial charge in [-0.1, -0.05) is 34.6 Å². The lowest BCUT2D eigenvalue weighted by Gasteiger charge is -2.32. The third-order valence-corrected chi connectivity index (χ3v) is 2.08. The Morgan fingerprint density at radius 1 is 1.36 bits per heavy atom. The lowest BCUT2D eigenvalue weighted by Crippen LogP contribution is -2.42. The van der Waals surface area contributed by atoms with Crippen LogP contribution >= 0.6 is 0 Å². The van der Waals surface area contributed by atoms with Gasteiger partial charge in [0.05, 0.1) is 17.9 Å². The third kappa shape index (κ3) is 4.56. The summed E-state index contributed by atoms with van der Waals surface area (Å²) in [5.74, 6) is 0.222. The maximum Gasteiger partial charge on any atom is 0.0756 e. The van der Waals surface area contributed by atoms with Gasteiger partial charge in [-0.25, -0.2) is 0 Å². The Kier molecular flexibility index (Phi) is 5.05. The van der Waals surface area contributed by atoms with Gasteiger partial charge in [-0.15, -0.1) is 4.91 Å². The Labute approximate surface area is 86.2 Å². The summed E-state index contributed by atoms with van der Waals surface area (Å²) in [5.41, 5.74) is 0.0101. The van der Waals surface area contributed by atoms with E-state index in [2.05, 4.69) is 5.29 Å². The molecule has 1 atom stereocenters. The first-order valence-electron chi connectivity index (χ1n) is 5.02. The van der Waals surface area contributed by atoms with Crippen LogP contribution in [0.4, 0.5) is 0 Å². The van der Waals surface area contributed by atoms with Gasteiger partial charge in [-0.2, -0.15) is 0 Å². The van der Waals surface area contributed by atoms with Crippen LogP contribution in [-0.2, 0) is 0 Å². The first-order valence-corrected chi connectivity index (χ1v) is 5.02. The molecule has 84 valence electrons. The van der Waals surface area contributed by atoms with Crippen LogP contribution in [0.3, 0.4) is 0 Å². The lowest BCUT2D eigenvalue weighted by atomic mass is 9.94. The van der Waals surface area contributed by atoms with Gasteiger partial charge >= 0.3 is 0 Å². The molecule has 0 aliphatic heterocycles. The SMILES string of the molecule is CC(C)[C@@H](CO)N(CC(C)(C)C)N=O. The molecule has 0 saturated heterocycles. The first-order chi connectivity index (χ1) is 6.31. The average molecular weight is 202 g/mol. The largest absolute Gasteiger partial charge is 0.394 e. The van der Waals surface area contributed by atoms with Gasteiger partial charge in [0, 0.05) is 6.54 Å². The van der Waals surface area contributed by atoms with E-state index >= 15 is 0 Å². The highest BCUT2D eigenvalue weighted by Crippen LogP contribution is 2.20. The van der Waals surface area contributed by atoms with Gasteiger partial charge in [-0.3, -0.25) is 5.01 Å². The van der Waals surface area contributed by atoms with Crippen LogP contribution in [0.1, 0.15) is 34.6 Å². The Hall–Kier alpha value is -0.640. The van der Waals surface area contributed by atoms with Crippen molar-refractivity contribution >= 4 is 0 Å². The van der Waals surface area contributed by atoms with E-state index in [9.17, 15) is 4.91 Å². The van der Waals surface area contributed by atoms with E-state index in [1.54, 1.807) is 0 Å². The van der Waals surface area contributed by atoms with E-state index < -0.39 is 0 Å². The highest BCUT2D eigenvalue weighted by atomic mass is 16.3. The van der Waals surface area contributed by atoms with Gasteiger partial charge in [-0.05, 0) is 11.3 Å². The summed E-state index contributed by atoms with van der Waals surface area (Å²) in [6, 6.07) is -0.174. The molecule has 0 aromatic rings. The van der Waals surface area contributed by atoms with Crippen molar-refractivity contribution in [1.29, 1.82) is 0 Å². The molecule has 0 aromatic carbocycles. The van der Waals surface area contributed by atoms with Crippen molar-refractivity contribution in [3.63, 3.8) is 0 Å². The predicted octanol–water partition coefficient (Wildman–Crippen LogP) is 2.03. The summed E-state index contributed by atoms with van der Waals surface area (Å²) in [5, 5.41) is 13.6. The maximum absolute atomic E-state index is 10.7. The minimum absolute atomic E-state index is 0.0101. The summed E-state index contributed by atoms with van der Waals surface area (Å²) in [7, 11) is 0. The fourth-order valence-corrected chi connectivity index (χ4v) is 1.34. The van der Waals surface area contributed by atoms with E-state index in [1.807, 2.05) is 34.6 Å². The molecular formula is C10H22N2O2. The van der Waals surface area contributed by atoms with Crippen molar-refractivity contribution in [3.05, 3.63) is 4.91 Å². The number of rotatable bonds is 5. The van der Waals surface area contributed by atoms with Crippen molar-refractivity contribution in [3.8, 4) is 0 Å². The quantitative estimate of drug-likeness (QED) is 0.548. The zero-order valence-corrected chi connectivity index (χ0v) is 9.82. The van der Waals surface area contributed by atoms with E-state index in [4.69, 9.17) is 5.11 Å². The topological polar surface area (TPSA) is 52.9 Å². The standard InChI is InChI=1S/C10H22N2O2/c1-8(2)9(6-13)12(11-14)7-10(3,4)5/h8-9,13H,6-7H2,1-5H3/t9-/m1/s1. The van der Waals surface area contributed by atoms with Crippen molar-refractivity contribution in [2.75, 3.05) is 13.2 Å². The molecule has 0 radical (unpaired) electrons. The molecule has 0 rings (SSSR count). The molecule has 0 amide bonds. The number of aliphatic hydroxyl groups excluding tert-OH is 1. The van der Waals surface area contributed by atoms with Gasteiger partial charge < -0.3 is 5.11 Å². The van der Waals surface area contributed by atoms with Crippen LogP contribution < -0.4 is 0 Å². The summed E-state index contributed by atoms with van der Waals surface area (Å²) < 4.78 is 0. The molecule has 0 aromatic heterocycles. The second-order valence-electron chi connectivity index (χ2n) is 5.23. The molecule has 0 aliphatic rings. The van der Waals surface area contributed by atoms with E-state index in [-0.39, 0.29) is 24.0 Å². The van der Waals surface area contributed by atoms with Crippen LogP contribution in [0.15, 0.2) is 5.29 Å². The Bertz CT molecular complexity index is 175. The Balaban J connectivity index is 4.45. The van der Waals surface area contributed by atoms with Crippen molar-refractivity contribution in [2.24, 2.45) is 16.6 Å². The minimum atomic E-state index is -0.174. The Morgan fingerprint density at radius 3 is 2.07 bits per heavy atom. The van der Waals surface area contributed by atoms with E-state index in [1.165, 1.54) is 5.01 Å². The first kappa shape index (κ1) is 13.4. The minimum Gasteiger partial charge on any atom is -0.394 e. The summed E-state index contributed by atoms with van der Waals surface area (Å²) in [4.78, 5) is 10.7. The summed E-state index contributed by atoms with van der Waals surface area (Å²) in [6.45, 7) is 10.6. The molecule has 0 unspecified atom stereocenters. The number of nitrogens with zero attached hydrogens (tertiary/aromatic N) is 2. The number of aliphatic hydroxyl groups is 1. The van der Waals surface area contributed by atoms with Crippen molar-refractivity contribution < 1.29 is 5.11 Å². The zero-order valence-electron chi connectivity index (χ0n) is 9.82. The summed E-state index contributed by atoms with van der Waals surface area (Å²) in [6.07, 6.45) is 0. The third-order valence-electron chi connectivity index (χ3n) is 2.08. The summed E-state index contributed by atoms with van der Waals surface area (Å²) >= 11 is 0. The molecule has 1 N–H and O–H groups in total. The highest BCUT2D eigenvalue weighted by molar-refractivity contribution is 4.75. The zero-order chi connectivity index (χ0) is 11.4. The van der Waals surface area contributed by atoms with Gasteiger partial charge in [0.25, 0.3) is 0 Å². The van der Waals surface area contributed by atoms with Gasteiger partial charge in [0.2, 0.25) is 0 Å². The maximum atomic E-state index is 10.7. The van der Waals surface area contributed by atoms with E-state index in [0.29, 0.717) is 6.54 Å². The molecule has 0 saturated carbocycles. The fraction of sp³-hybridized carbons (Fsp3) is 1.00. The van der Waals surface area contributed by atoms with Crippen LogP contribution in [0, 0.1) is 16.2 Å². The molecule has 0 aliphatic carbocycles. The normalized spacial score (nSPS) is 14.2. The van der Waals surface area contributed by atoms with Gasteiger partial charge in [0.1, 0.15) is 0 Å². The molecular weight excluding hydrogens is 180 g/mol. The smallest absolute Gasteiger partial charge is 0.0756 e. The average Bonchev–Trinajstić information content (AvgIpc) is 2.00. The number of hydrogen-bond acceptors (Lipinski definition) is 3. The van der Waals surface area contributed by atoms with Crippen LogP contribution in [0.25, 0.3) is 0 Å². The molecule has 0 heterocycles. The molecule has 0 spiro atoms. The number of nitroso groups, excluding NO2 is 1. The van der Waals surface area contributed by atoms with Crippen LogP contribution in [0.5, 0.6) is 0 Å². The molecule has 4 heteroatoms. The second-order valence-corrected chi connectivity index (χ2v) is 5.23. The number of hydrogen-bond donors (Lipinski definition) is 1. The molecule has 0 bridgehead atoms. The fourth-order valence-electron chi connectivity index (χ4n) is 1.34. The van der Waals surface area contributed by atoms with Crippen LogP contribution in [-0.4, -0.2) is 29.3 Å². The van der Waals surface area contributed by atoms with Crippen molar-refractivity contribution in [2.45, 2.75) is 40.7 Å². The predicted molar refractivity (Wildman–Crippen MR) is 57.7 cm³/mol. The lowest BCUT2D eigenvalue weighted by molar-refractivity contribution is 0.0646. The molecule has 0 fully saturated rings. The molecule has 14 heavy (non-hydrogen) atoms. The second kappa shape index (κ2) is 5.29. The molecule has 4 nitrogen and oxygen atoms in total. The van der Waals surface area contributed by atoms with E-state index in [0.717, 1.165) is 0 Å².